The molecule has 1 rings (SSSR count). The third kappa shape index (κ3) is 5.21. The van der Waals surface area contributed by atoms with E-state index in [9.17, 15) is 5.11 Å². The third-order valence-corrected chi connectivity index (χ3v) is 3.06. The van der Waals surface area contributed by atoms with Gasteiger partial charge in [0.1, 0.15) is 5.75 Å². The van der Waals surface area contributed by atoms with Gasteiger partial charge in [0.2, 0.25) is 0 Å². The zero-order chi connectivity index (χ0) is 14.5. The Morgan fingerprint density at radius 1 is 1.21 bits per heavy atom. The van der Waals surface area contributed by atoms with Crippen molar-refractivity contribution in [1.29, 1.82) is 0 Å². The zero-order valence-electron chi connectivity index (χ0n) is 12.7. The number of benzene rings is 1. The van der Waals surface area contributed by atoms with Crippen molar-refractivity contribution in [1.82, 2.24) is 5.32 Å². The quantitative estimate of drug-likeness (QED) is 0.796. The lowest BCUT2D eigenvalue weighted by Crippen LogP contribution is -2.34. The molecule has 2 N–H and O–H groups in total. The van der Waals surface area contributed by atoms with Crippen molar-refractivity contribution in [3.05, 3.63) is 29.8 Å². The Hall–Kier alpha value is -1.06. The fraction of sp³-hybridized carbons (Fsp3) is 0.625. The first kappa shape index (κ1) is 16.0. The Kier molecular flexibility index (Phi) is 5.83. The van der Waals surface area contributed by atoms with Crippen molar-refractivity contribution in [2.75, 3.05) is 13.2 Å². The highest BCUT2D eigenvalue weighted by Gasteiger charge is 2.19. The molecule has 1 unspecified atom stereocenters. The predicted molar refractivity (Wildman–Crippen MR) is 79.5 cm³/mol. The van der Waals surface area contributed by atoms with E-state index in [0.717, 1.165) is 17.9 Å². The maximum atomic E-state index is 9.29. The Balaban J connectivity index is 2.73. The molecule has 3 heteroatoms. The van der Waals surface area contributed by atoms with Crippen LogP contribution in [0.1, 0.15) is 46.2 Å². The van der Waals surface area contributed by atoms with Crippen LogP contribution in [0.15, 0.2) is 24.3 Å². The SMILES string of the molecule is CC(C)Oc1ccccc1C(C)NCC(C)(C)CO. The Bertz CT molecular complexity index is 388. The molecule has 108 valence electrons. The summed E-state index contributed by atoms with van der Waals surface area (Å²) in [5.41, 5.74) is 1.05. The van der Waals surface area contributed by atoms with E-state index in [4.69, 9.17) is 4.74 Å². The van der Waals surface area contributed by atoms with E-state index < -0.39 is 0 Å². The van der Waals surface area contributed by atoms with Crippen LogP contribution in [-0.2, 0) is 0 Å². The molecule has 0 fully saturated rings. The minimum Gasteiger partial charge on any atom is -0.491 e. The summed E-state index contributed by atoms with van der Waals surface area (Å²) in [7, 11) is 0. The van der Waals surface area contributed by atoms with Gasteiger partial charge in [0.15, 0.2) is 0 Å². The monoisotopic (exact) mass is 265 g/mol. The maximum absolute atomic E-state index is 9.29. The molecule has 1 atom stereocenters. The highest BCUT2D eigenvalue weighted by Crippen LogP contribution is 2.26. The van der Waals surface area contributed by atoms with E-state index >= 15 is 0 Å². The number of rotatable bonds is 7. The molecule has 0 aliphatic carbocycles. The van der Waals surface area contributed by atoms with Crippen molar-refractivity contribution in [3.63, 3.8) is 0 Å². The molecular weight excluding hydrogens is 238 g/mol. The maximum Gasteiger partial charge on any atom is 0.124 e. The highest BCUT2D eigenvalue weighted by atomic mass is 16.5. The summed E-state index contributed by atoms with van der Waals surface area (Å²) in [5.74, 6) is 0.930. The fourth-order valence-corrected chi connectivity index (χ4v) is 1.79. The van der Waals surface area contributed by atoms with E-state index in [1.165, 1.54) is 0 Å². The van der Waals surface area contributed by atoms with E-state index in [0.29, 0.717) is 0 Å². The number of aliphatic hydroxyl groups is 1. The highest BCUT2D eigenvalue weighted by molar-refractivity contribution is 5.35. The summed E-state index contributed by atoms with van der Waals surface area (Å²) in [6.45, 7) is 11.2. The summed E-state index contributed by atoms with van der Waals surface area (Å²) in [5, 5.41) is 12.8. The lowest BCUT2D eigenvalue weighted by Gasteiger charge is -2.26. The zero-order valence-corrected chi connectivity index (χ0v) is 12.7. The van der Waals surface area contributed by atoms with Crippen molar-refractivity contribution in [2.45, 2.75) is 46.8 Å². The summed E-state index contributed by atoms with van der Waals surface area (Å²) in [6.07, 6.45) is 0.169. The molecule has 0 saturated carbocycles. The predicted octanol–water partition coefficient (Wildman–Crippen LogP) is 3.14. The van der Waals surface area contributed by atoms with Crippen LogP contribution in [0, 0.1) is 5.41 Å². The van der Waals surface area contributed by atoms with Gasteiger partial charge in [-0.15, -0.1) is 0 Å². The van der Waals surface area contributed by atoms with Crippen LogP contribution in [0.5, 0.6) is 5.75 Å². The molecule has 0 radical (unpaired) electrons. The fourth-order valence-electron chi connectivity index (χ4n) is 1.79. The summed E-state index contributed by atoms with van der Waals surface area (Å²) in [4.78, 5) is 0. The van der Waals surface area contributed by atoms with Gasteiger partial charge in [-0.3, -0.25) is 0 Å². The van der Waals surface area contributed by atoms with Gasteiger partial charge in [0, 0.05) is 30.2 Å². The van der Waals surface area contributed by atoms with Gasteiger partial charge in [-0.2, -0.15) is 0 Å². The van der Waals surface area contributed by atoms with Gasteiger partial charge in [-0.25, -0.2) is 0 Å². The summed E-state index contributed by atoms with van der Waals surface area (Å²) >= 11 is 0. The molecule has 19 heavy (non-hydrogen) atoms. The lowest BCUT2D eigenvalue weighted by atomic mass is 9.94. The molecule has 0 amide bonds. The normalized spacial score (nSPS) is 13.6. The van der Waals surface area contributed by atoms with Crippen LogP contribution in [0.3, 0.4) is 0 Å². The number of hydrogen-bond donors (Lipinski definition) is 2. The molecule has 0 heterocycles. The van der Waals surface area contributed by atoms with E-state index in [-0.39, 0.29) is 24.2 Å². The van der Waals surface area contributed by atoms with Crippen molar-refractivity contribution in [3.8, 4) is 5.75 Å². The van der Waals surface area contributed by atoms with Crippen LogP contribution in [-0.4, -0.2) is 24.4 Å². The first-order valence-corrected chi connectivity index (χ1v) is 6.95. The molecule has 0 aliphatic heterocycles. The minimum absolute atomic E-state index is 0.109. The molecule has 0 aromatic heterocycles. The van der Waals surface area contributed by atoms with E-state index in [1.54, 1.807) is 0 Å². The van der Waals surface area contributed by atoms with Crippen LogP contribution >= 0.6 is 0 Å². The van der Waals surface area contributed by atoms with Gasteiger partial charge >= 0.3 is 0 Å². The third-order valence-electron chi connectivity index (χ3n) is 3.06. The second-order valence-corrected chi connectivity index (χ2v) is 6.13. The second-order valence-electron chi connectivity index (χ2n) is 6.13. The average Bonchev–Trinajstić information content (AvgIpc) is 2.36. The van der Waals surface area contributed by atoms with Crippen molar-refractivity contribution in [2.24, 2.45) is 5.41 Å². The molecule has 1 aromatic carbocycles. The van der Waals surface area contributed by atoms with Crippen LogP contribution in [0.4, 0.5) is 0 Å². The van der Waals surface area contributed by atoms with E-state index in [2.05, 4.69) is 18.3 Å². The Morgan fingerprint density at radius 2 is 1.84 bits per heavy atom. The number of nitrogens with one attached hydrogen (secondary N) is 1. The lowest BCUT2D eigenvalue weighted by molar-refractivity contribution is 0.153. The number of aliphatic hydroxyl groups excluding tert-OH is 1. The van der Waals surface area contributed by atoms with Gasteiger partial charge in [0.25, 0.3) is 0 Å². The molecule has 0 saturated heterocycles. The minimum atomic E-state index is -0.109. The second kappa shape index (κ2) is 6.92. The molecular formula is C16H27NO2. The molecule has 1 aromatic rings. The molecule has 3 nitrogen and oxygen atoms in total. The summed E-state index contributed by atoms with van der Waals surface area (Å²) in [6, 6.07) is 8.30. The van der Waals surface area contributed by atoms with Gasteiger partial charge in [-0.05, 0) is 26.8 Å². The van der Waals surface area contributed by atoms with E-state index in [1.807, 2.05) is 45.9 Å². The Morgan fingerprint density at radius 3 is 2.42 bits per heavy atom. The number of ether oxygens (including phenoxy) is 1. The van der Waals surface area contributed by atoms with Gasteiger partial charge in [0.05, 0.1) is 6.10 Å². The van der Waals surface area contributed by atoms with Gasteiger partial charge in [-0.1, -0.05) is 32.0 Å². The standard InChI is InChI=1S/C16H27NO2/c1-12(2)19-15-9-7-6-8-14(15)13(3)17-10-16(4,5)11-18/h6-9,12-13,17-18H,10-11H2,1-5H3. The van der Waals surface area contributed by atoms with Crippen molar-refractivity contribution < 1.29 is 9.84 Å². The topological polar surface area (TPSA) is 41.5 Å². The smallest absolute Gasteiger partial charge is 0.124 e. The molecule has 0 spiro atoms. The van der Waals surface area contributed by atoms with Crippen LogP contribution in [0.25, 0.3) is 0 Å². The molecule has 0 aliphatic rings. The number of hydrogen-bond acceptors (Lipinski definition) is 3. The van der Waals surface area contributed by atoms with Crippen LogP contribution < -0.4 is 10.1 Å². The first-order chi connectivity index (χ1) is 8.85. The summed E-state index contributed by atoms with van der Waals surface area (Å²) < 4.78 is 5.84. The first-order valence-electron chi connectivity index (χ1n) is 6.95. The molecule has 0 bridgehead atoms. The average molecular weight is 265 g/mol. The largest absolute Gasteiger partial charge is 0.491 e. The van der Waals surface area contributed by atoms with Crippen LogP contribution in [0.2, 0.25) is 0 Å². The number of para-hydroxylation sites is 1. The van der Waals surface area contributed by atoms with Gasteiger partial charge < -0.3 is 15.2 Å². The van der Waals surface area contributed by atoms with Crippen molar-refractivity contribution >= 4 is 0 Å². The Labute approximate surface area is 117 Å².